The second kappa shape index (κ2) is 10.5. The van der Waals surface area contributed by atoms with Gasteiger partial charge in [0.15, 0.2) is 5.65 Å². The Morgan fingerprint density at radius 3 is 2.73 bits per heavy atom. The van der Waals surface area contributed by atoms with Gasteiger partial charge in [0, 0.05) is 51.8 Å². The number of hydrogen-bond acceptors (Lipinski definition) is 5. The lowest BCUT2D eigenvalue weighted by Crippen LogP contribution is -2.10. The van der Waals surface area contributed by atoms with E-state index in [-0.39, 0.29) is 0 Å². The van der Waals surface area contributed by atoms with Crippen molar-refractivity contribution < 1.29 is 0 Å². The van der Waals surface area contributed by atoms with Gasteiger partial charge in [0.05, 0.1) is 22.8 Å². The maximum atomic E-state index is 4.63. The van der Waals surface area contributed by atoms with E-state index in [1.54, 1.807) is 18.5 Å². The van der Waals surface area contributed by atoms with E-state index in [9.17, 15) is 0 Å². The monoisotopic (exact) mass is 487 g/mol. The number of nitrogens with zero attached hydrogens (tertiary/aromatic N) is 4. The molecule has 0 unspecified atom stereocenters. The first-order valence-electron chi connectivity index (χ1n) is 12.3. The highest BCUT2D eigenvalue weighted by Gasteiger charge is 2.15. The summed E-state index contributed by atoms with van der Waals surface area (Å²) in [6, 6.07) is 12.0. The average molecular weight is 488 g/mol. The first kappa shape index (κ1) is 23.9. The topological polar surface area (TPSA) is 95.2 Å². The number of H-pyrrole nitrogens is 2. The molecular formula is C30H29N7. The van der Waals surface area contributed by atoms with Crippen molar-refractivity contribution in [3.8, 4) is 22.8 Å². The minimum Gasteiger partial charge on any atom is -0.359 e. The van der Waals surface area contributed by atoms with Crippen molar-refractivity contribution >= 4 is 27.5 Å². The van der Waals surface area contributed by atoms with Crippen molar-refractivity contribution in [3.63, 3.8) is 0 Å². The molecule has 0 fully saturated rings. The smallest absolute Gasteiger partial charge is 0.181 e. The number of aromatic nitrogens is 6. The first-order chi connectivity index (χ1) is 18.1. The van der Waals surface area contributed by atoms with E-state index in [2.05, 4.69) is 79.8 Å². The van der Waals surface area contributed by atoms with Crippen LogP contribution in [0.15, 0.2) is 97.8 Å². The van der Waals surface area contributed by atoms with Crippen LogP contribution < -0.4 is 5.32 Å². The van der Waals surface area contributed by atoms with Gasteiger partial charge in [0.1, 0.15) is 0 Å². The van der Waals surface area contributed by atoms with Crippen molar-refractivity contribution in [1.82, 2.24) is 35.5 Å². The van der Waals surface area contributed by atoms with Crippen molar-refractivity contribution in [1.29, 1.82) is 0 Å². The maximum absolute atomic E-state index is 4.63. The Labute approximate surface area is 215 Å². The molecule has 0 amide bonds. The van der Waals surface area contributed by atoms with Gasteiger partial charge >= 0.3 is 0 Å². The Kier molecular flexibility index (Phi) is 6.76. The Bertz CT molecular complexity index is 1650. The molecule has 0 spiro atoms. The zero-order valence-electron chi connectivity index (χ0n) is 21.0. The van der Waals surface area contributed by atoms with E-state index in [1.807, 2.05) is 37.4 Å². The molecule has 0 saturated carbocycles. The second-order valence-corrected chi connectivity index (χ2v) is 8.74. The molecule has 0 aromatic carbocycles. The predicted octanol–water partition coefficient (Wildman–Crippen LogP) is 6.94. The van der Waals surface area contributed by atoms with Crippen molar-refractivity contribution in [3.05, 3.63) is 103 Å². The highest BCUT2D eigenvalue weighted by atomic mass is 15.2. The predicted molar refractivity (Wildman–Crippen MR) is 151 cm³/mol. The molecule has 0 bridgehead atoms. The van der Waals surface area contributed by atoms with Gasteiger partial charge in [-0.25, -0.2) is 4.98 Å². The largest absolute Gasteiger partial charge is 0.359 e. The molecule has 0 aliphatic heterocycles. The maximum Gasteiger partial charge on any atom is 0.181 e. The molecule has 184 valence electrons. The molecule has 0 radical (unpaired) electrons. The molecule has 7 nitrogen and oxygen atoms in total. The summed E-state index contributed by atoms with van der Waals surface area (Å²) >= 11 is 0. The van der Waals surface area contributed by atoms with E-state index in [4.69, 9.17) is 0 Å². The molecule has 5 heterocycles. The van der Waals surface area contributed by atoms with Crippen LogP contribution in [0.5, 0.6) is 0 Å². The van der Waals surface area contributed by atoms with Crippen LogP contribution in [0.4, 0.5) is 0 Å². The van der Waals surface area contributed by atoms with Crippen LogP contribution in [0.1, 0.15) is 32.3 Å². The molecule has 5 aromatic heterocycles. The molecule has 3 N–H and O–H groups in total. The summed E-state index contributed by atoms with van der Waals surface area (Å²) in [5.41, 5.74) is 8.92. The number of allylic oxidation sites excluding steroid dienone is 5. The summed E-state index contributed by atoms with van der Waals surface area (Å²) in [6.07, 6.45) is 13.3. The Hall–Kier alpha value is -4.78. The quantitative estimate of drug-likeness (QED) is 0.196. The van der Waals surface area contributed by atoms with Gasteiger partial charge in [-0.05, 0) is 61.4 Å². The third kappa shape index (κ3) is 4.84. The van der Waals surface area contributed by atoms with Gasteiger partial charge in [-0.1, -0.05) is 38.6 Å². The number of pyridine rings is 3. The van der Waals surface area contributed by atoms with Gasteiger partial charge in [0.25, 0.3) is 0 Å². The molecule has 5 aromatic rings. The molecule has 0 aliphatic carbocycles. The molecule has 7 heteroatoms. The Morgan fingerprint density at radius 1 is 1.08 bits per heavy atom. The number of hydrogen-bond donors (Lipinski definition) is 3. The summed E-state index contributed by atoms with van der Waals surface area (Å²) in [5.74, 6) is 0. The first-order valence-corrected chi connectivity index (χ1v) is 12.3. The van der Waals surface area contributed by atoms with Crippen LogP contribution in [0, 0.1) is 0 Å². The number of nitrogens with one attached hydrogen (secondary N) is 3. The normalized spacial score (nSPS) is 12.3. The molecule has 0 saturated heterocycles. The average Bonchev–Trinajstić information content (AvgIpc) is 3.55. The van der Waals surface area contributed by atoms with Crippen molar-refractivity contribution in [2.45, 2.75) is 26.7 Å². The summed E-state index contributed by atoms with van der Waals surface area (Å²) in [6.45, 7) is 12.2. The standard InChI is InChI=1S/C30H29N7/c1-5-10-19(4)34-22(7-3)15-20(6-2)21-16-24-29(36-37-30(24)33-18-21)27-17-23-25(35-27)12-14-32-28(23)26-11-8-9-13-31-26/h6-9,11-18,34-35H,3-5,10H2,1-2H3,(H,33,36,37)/b20-6+,22-15+. The van der Waals surface area contributed by atoms with E-state index in [1.165, 1.54) is 0 Å². The van der Waals surface area contributed by atoms with Crippen LogP contribution in [-0.2, 0) is 0 Å². The van der Waals surface area contributed by atoms with Crippen LogP contribution in [0.2, 0.25) is 0 Å². The third-order valence-electron chi connectivity index (χ3n) is 6.18. The lowest BCUT2D eigenvalue weighted by Gasteiger charge is -2.11. The molecule has 37 heavy (non-hydrogen) atoms. The van der Waals surface area contributed by atoms with Gasteiger partial charge in [-0.3, -0.25) is 15.1 Å². The minimum absolute atomic E-state index is 0.651. The highest BCUT2D eigenvalue weighted by molar-refractivity contribution is 5.99. The minimum atomic E-state index is 0.651. The number of rotatable bonds is 9. The second-order valence-electron chi connectivity index (χ2n) is 8.74. The fourth-order valence-electron chi connectivity index (χ4n) is 4.37. The van der Waals surface area contributed by atoms with E-state index in [0.717, 1.165) is 74.4 Å². The fourth-order valence-corrected chi connectivity index (χ4v) is 4.37. The van der Waals surface area contributed by atoms with Gasteiger partial charge in [-0.2, -0.15) is 5.10 Å². The molecular weight excluding hydrogens is 458 g/mol. The Morgan fingerprint density at radius 2 is 1.97 bits per heavy atom. The molecule has 0 atom stereocenters. The number of aromatic amines is 2. The lowest BCUT2D eigenvalue weighted by molar-refractivity contribution is 0.829. The van der Waals surface area contributed by atoms with Crippen molar-refractivity contribution in [2.75, 3.05) is 0 Å². The van der Waals surface area contributed by atoms with Crippen LogP contribution in [0.25, 0.3) is 50.3 Å². The van der Waals surface area contributed by atoms with E-state index < -0.39 is 0 Å². The summed E-state index contributed by atoms with van der Waals surface area (Å²) in [4.78, 5) is 17.2. The van der Waals surface area contributed by atoms with Crippen LogP contribution in [-0.4, -0.2) is 30.1 Å². The Balaban J connectivity index is 1.55. The highest BCUT2D eigenvalue weighted by Crippen LogP contribution is 2.33. The lowest BCUT2D eigenvalue weighted by atomic mass is 10.0. The van der Waals surface area contributed by atoms with Crippen molar-refractivity contribution in [2.24, 2.45) is 0 Å². The summed E-state index contributed by atoms with van der Waals surface area (Å²) in [7, 11) is 0. The zero-order valence-corrected chi connectivity index (χ0v) is 21.0. The van der Waals surface area contributed by atoms with Gasteiger partial charge in [-0.15, -0.1) is 0 Å². The zero-order chi connectivity index (χ0) is 25.8. The van der Waals surface area contributed by atoms with Crippen LogP contribution in [0.3, 0.4) is 0 Å². The third-order valence-corrected chi connectivity index (χ3v) is 6.18. The van der Waals surface area contributed by atoms with Gasteiger partial charge < -0.3 is 10.3 Å². The van der Waals surface area contributed by atoms with Crippen LogP contribution >= 0.6 is 0 Å². The number of fused-ring (bicyclic) bond motifs is 2. The summed E-state index contributed by atoms with van der Waals surface area (Å²) in [5, 5.41) is 12.9. The summed E-state index contributed by atoms with van der Waals surface area (Å²) < 4.78 is 0. The fraction of sp³-hybridized carbons (Fsp3) is 0.133. The molecule has 0 aliphatic rings. The van der Waals surface area contributed by atoms with Gasteiger partial charge in [0.2, 0.25) is 0 Å². The van der Waals surface area contributed by atoms with E-state index >= 15 is 0 Å². The molecule has 5 rings (SSSR count). The SMILES string of the molecule is C=C/C(=C\C(=C/C)c1cnc2n[nH]c(-c3cc4c(-c5ccccn5)nccc4[nH]3)c2c1)NC(=C)CCC. The van der Waals surface area contributed by atoms with E-state index in [0.29, 0.717) is 5.65 Å².